The van der Waals surface area contributed by atoms with Gasteiger partial charge in [-0.2, -0.15) is 0 Å². The molecule has 324 valence electrons. The molecule has 0 radical (unpaired) electrons. The van der Waals surface area contributed by atoms with Crippen molar-refractivity contribution in [3.8, 4) is 22.8 Å². The van der Waals surface area contributed by atoms with Crippen LogP contribution in [0, 0.1) is 11.6 Å². The second-order valence-corrected chi connectivity index (χ2v) is 15.4. The third kappa shape index (κ3) is 8.55. The van der Waals surface area contributed by atoms with E-state index in [9.17, 15) is 19.0 Å². The fourth-order valence-electron chi connectivity index (χ4n) is 7.54. The molecule has 0 amide bonds. The van der Waals surface area contributed by atoms with Gasteiger partial charge in [0.25, 0.3) is 0 Å². The highest BCUT2D eigenvalue weighted by Gasteiger charge is 2.19. The lowest BCUT2D eigenvalue weighted by molar-refractivity contribution is 0.240. The Hall–Kier alpha value is -7.70. The highest BCUT2D eigenvalue weighted by Crippen LogP contribution is 2.29. The van der Waals surface area contributed by atoms with Gasteiger partial charge in [-0.3, -0.25) is 9.97 Å². The molecule has 8 aromatic heterocycles. The zero-order valence-electron chi connectivity index (χ0n) is 34.9. The number of H-pyrrole nitrogens is 2. The normalized spacial score (nSPS) is 12.5. The number of pyridine rings is 2. The Bertz CT molecular complexity index is 3000. The summed E-state index contributed by atoms with van der Waals surface area (Å²) in [6.07, 6.45) is 14.2. The lowest BCUT2D eigenvalue weighted by Gasteiger charge is -2.12. The molecule has 2 aromatic carbocycles. The third-order valence-electron chi connectivity index (χ3n) is 11.0. The van der Waals surface area contributed by atoms with Crippen LogP contribution in [0.4, 0.5) is 20.4 Å². The van der Waals surface area contributed by atoms with Crippen LogP contribution in [0.1, 0.15) is 37.1 Å². The first-order valence-corrected chi connectivity index (χ1v) is 20.8. The number of fused-ring (bicyclic) bond motifs is 4. The van der Waals surface area contributed by atoms with Gasteiger partial charge in [-0.05, 0) is 62.1 Å². The molecule has 2 atom stereocenters. The number of aliphatic hydroxyl groups excluding tert-OH is 2. The average molecular weight is 863 g/mol. The van der Waals surface area contributed by atoms with Gasteiger partial charge in [0, 0.05) is 70.8 Å². The van der Waals surface area contributed by atoms with E-state index >= 15 is 0 Å². The van der Waals surface area contributed by atoms with Gasteiger partial charge in [0.1, 0.15) is 22.7 Å². The first kappa shape index (κ1) is 41.6. The van der Waals surface area contributed by atoms with E-state index in [1.54, 1.807) is 21.8 Å². The summed E-state index contributed by atoms with van der Waals surface area (Å²) >= 11 is 0. The van der Waals surface area contributed by atoms with Crippen molar-refractivity contribution in [2.75, 3.05) is 36.9 Å². The molecule has 0 saturated heterocycles. The summed E-state index contributed by atoms with van der Waals surface area (Å²) in [4.78, 5) is 41.8. The van der Waals surface area contributed by atoms with Gasteiger partial charge in [-0.15, -0.1) is 0 Å². The quantitative estimate of drug-likeness (QED) is 0.0631. The zero-order chi connectivity index (χ0) is 44.2. The van der Waals surface area contributed by atoms with Crippen LogP contribution in [0.2, 0.25) is 0 Å². The number of hydrogen-bond acceptors (Lipinski definition) is 12. The van der Waals surface area contributed by atoms with Gasteiger partial charge in [0.05, 0.1) is 50.3 Å². The Morgan fingerprint density at radius 2 is 1.05 bits per heavy atom. The standard InChI is InChI=1S/2C23H22FN7O/c2*1-14(12-32)31-13-28-20-22(26-7-6-15-10-27-19-5-3-2-4-18(15)19)29-21(30-23(20)31)16-8-17(24)11-25-9-16/h2*2-5,8-11,13-14,27,32H,6-7,12H2,1H3,(H,26,29,30). The summed E-state index contributed by atoms with van der Waals surface area (Å²) < 4.78 is 31.1. The van der Waals surface area contributed by atoms with Crippen molar-refractivity contribution in [1.29, 1.82) is 0 Å². The smallest absolute Gasteiger partial charge is 0.166 e. The highest BCUT2D eigenvalue weighted by molar-refractivity contribution is 5.87. The number of halogens is 2. The SMILES string of the molecule is CC(CO)n1cnc2c(NCCc3c[nH]c4ccccc34)nc(-c3cncc(F)c3)nc21.CC(CO)n1cnc2c(NCCc3c[nH]c4ccccc34)nc(-c3cncc(F)c3)nc21. The number of benzene rings is 2. The number of nitrogens with one attached hydrogen (secondary N) is 4. The highest BCUT2D eigenvalue weighted by atomic mass is 19.1. The van der Waals surface area contributed by atoms with Crippen molar-refractivity contribution < 1.29 is 19.0 Å². The molecular weight excluding hydrogens is 819 g/mol. The predicted octanol–water partition coefficient (Wildman–Crippen LogP) is 7.43. The molecule has 8 heterocycles. The van der Waals surface area contributed by atoms with Crippen molar-refractivity contribution in [3.63, 3.8) is 0 Å². The third-order valence-corrected chi connectivity index (χ3v) is 11.0. The number of aromatic amines is 2. The summed E-state index contributed by atoms with van der Waals surface area (Å²) in [5.74, 6) is 0.863. The first-order chi connectivity index (χ1) is 31.3. The van der Waals surface area contributed by atoms with E-state index in [1.165, 1.54) is 46.4 Å². The Kier molecular flexibility index (Phi) is 11.9. The summed E-state index contributed by atoms with van der Waals surface area (Å²) in [6, 6.07) is 18.6. The Morgan fingerprint density at radius 1 is 0.609 bits per heavy atom. The molecule has 0 aliphatic carbocycles. The van der Waals surface area contributed by atoms with E-state index in [2.05, 4.69) is 84.7 Å². The number of aromatic nitrogens is 12. The second kappa shape index (κ2) is 18.3. The van der Waals surface area contributed by atoms with E-state index < -0.39 is 11.6 Å². The van der Waals surface area contributed by atoms with Crippen molar-refractivity contribution in [2.45, 2.75) is 38.8 Å². The summed E-state index contributed by atoms with van der Waals surface area (Å²) in [7, 11) is 0. The fourth-order valence-corrected chi connectivity index (χ4v) is 7.54. The van der Waals surface area contributed by atoms with Crippen LogP contribution < -0.4 is 10.6 Å². The molecule has 10 aromatic rings. The van der Waals surface area contributed by atoms with E-state index in [4.69, 9.17) is 0 Å². The van der Waals surface area contributed by atoms with Crippen molar-refractivity contribution in [2.24, 2.45) is 0 Å². The molecule has 0 aliphatic rings. The largest absolute Gasteiger partial charge is 0.394 e. The number of rotatable bonds is 14. The van der Waals surface area contributed by atoms with Gasteiger partial charge in [0.15, 0.2) is 34.6 Å². The first-order valence-electron chi connectivity index (χ1n) is 20.8. The average Bonchev–Trinajstić information content (AvgIpc) is 4.14. The Balaban J connectivity index is 0.000000162. The van der Waals surface area contributed by atoms with Crippen molar-refractivity contribution in [3.05, 3.63) is 133 Å². The van der Waals surface area contributed by atoms with Crippen LogP contribution in [0.15, 0.2) is 110 Å². The number of anilines is 2. The van der Waals surface area contributed by atoms with Crippen LogP contribution in [0.5, 0.6) is 0 Å². The van der Waals surface area contributed by atoms with Gasteiger partial charge in [-0.1, -0.05) is 36.4 Å². The molecule has 0 bridgehead atoms. The Morgan fingerprint density at radius 3 is 1.47 bits per heavy atom. The summed E-state index contributed by atoms with van der Waals surface area (Å²) in [5.41, 5.74) is 7.86. The molecule has 0 spiro atoms. The van der Waals surface area contributed by atoms with E-state index in [0.29, 0.717) is 69.8 Å². The van der Waals surface area contributed by atoms with Gasteiger partial charge in [0.2, 0.25) is 0 Å². The minimum absolute atomic E-state index is 0.0599. The van der Waals surface area contributed by atoms with Crippen LogP contribution in [-0.4, -0.2) is 95.5 Å². The molecule has 2 unspecified atom stereocenters. The van der Waals surface area contributed by atoms with Crippen LogP contribution in [-0.2, 0) is 12.8 Å². The molecule has 10 rings (SSSR count). The number of hydrogen-bond donors (Lipinski definition) is 6. The van der Waals surface area contributed by atoms with E-state index in [-0.39, 0.29) is 25.3 Å². The predicted molar refractivity (Wildman–Crippen MR) is 242 cm³/mol. The van der Waals surface area contributed by atoms with E-state index in [0.717, 1.165) is 36.3 Å². The molecule has 0 fully saturated rings. The molecule has 6 N–H and O–H groups in total. The number of para-hydroxylation sites is 2. The van der Waals surface area contributed by atoms with Crippen molar-refractivity contribution in [1.82, 2.24) is 59.0 Å². The molecule has 0 aliphatic heterocycles. The van der Waals surface area contributed by atoms with Crippen LogP contribution in [0.3, 0.4) is 0 Å². The number of nitrogens with zero attached hydrogens (tertiary/aromatic N) is 10. The van der Waals surface area contributed by atoms with Crippen LogP contribution >= 0.6 is 0 Å². The summed E-state index contributed by atoms with van der Waals surface area (Å²) in [5, 5.41) is 28.4. The minimum atomic E-state index is -0.461. The zero-order valence-corrected chi connectivity index (χ0v) is 34.9. The van der Waals surface area contributed by atoms with Crippen molar-refractivity contribution >= 4 is 55.8 Å². The molecule has 16 nitrogen and oxygen atoms in total. The van der Waals surface area contributed by atoms with Crippen LogP contribution in [0.25, 0.3) is 66.9 Å². The monoisotopic (exact) mass is 862 g/mol. The fraction of sp³-hybridized carbons (Fsp3) is 0.217. The lowest BCUT2D eigenvalue weighted by Crippen LogP contribution is -2.11. The maximum atomic E-state index is 13.8. The molecule has 18 heteroatoms. The maximum Gasteiger partial charge on any atom is 0.166 e. The maximum absolute atomic E-state index is 13.8. The minimum Gasteiger partial charge on any atom is -0.394 e. The second-order valence-electron chi connectivity index (χ2n) is 15.4. The number of aliphatic hydroxyl groups is 2. The Labute approximate surface area is 364 Å². The number of imidazole rings is 2. The topological polar surface area (TPSA) is 209 Å². The lowest BCUT2D eigenvalue weighted by atomic mass is 10.1. The van der Waals surface area contributed by atoms with Gasteiger partial charge in [-0.25, -0.2) is 38.7 Å². The molecule has 64 heavy (non-hydrogen) atoms. The molecule has 0 saturated carbocycles. The molecular formula is C46H44F2N14O2. The summed E-state index contributed by atoms with van der Waals surface area (Å²) in [6.45, 7) is 4.87. The van der Waals surface area contributed by atoms with E-state index in [1.807, 2.05) is 50.5 Å². The van der Waals surface area contributed by atoms with Gasteiger partial charge >= 0.3 is 0 Å². The van der Waals surface area contributed by atoms with Gasteiger partial charge < -0.3 is 39.9 Å².